The van der Waals surface area contributed by atoms with E-state index in [1.54, 1.807) is 4.90 Å². The highest BCUT2D eigenvalue weighted by molar-refractivity contribution is 5.81. The van der Waals surface area contributed by atoms with E-state index in [1.807, 2.05) is 6.92 Å². The molecule has 2 N–H and O–H groups in total. The van der Waals surface area contributed by atoms with Gasteiger partial charge in [-0.2, -0.15) is 0 Å². The lowest BCUT2D eigenvalue weighted by molar-refractivity contribution is -0.141. The molecule has 1 saturated heterocycles. The second kappa shape index (κ2) is 5.11. The number of carbonyl (C=O) groups excluding carboxylic acids is 2. The first-order chi connectivity index (χ1) is 7.06. The number of rotatable bonds is 3. The quantitative estimate of drug-likeness (QED) is 0.703. The highest BCUT2D eigenvalue weighted by Gasteiger charge is 2.31. The molecule has 2 amide bonds. The molecule has 1 heterocycles. The average molecular weight is 214 g/mol. The van der Waals surface area contributed by atoms with E-state index in [4.69, 9.17) is 10.5 Å². The molecule has 5 nitrogen and oxygen atoms in total. The molecule has 5 heteroatoms. The molecule has 2 unspecified atom stereocenters. The van der Waals surface area contributed by atoms with Gasteiger partial charge in [-0.05, 0) is 19.8 Å². The van der Waals surface area contributed by atoms with E-state index in [9.17, 15) is 9.59 Å². The largest absolute Gasteiger partial charge is 0.375 e. The predicted molar refractivity (Wildman–Crippen MR) is 55.0 cm³/mol. The maximum absolute atomic E-state index is 11.6. The molecule has 1 fully saturated rings. The third-order valence-electron chi connectivity index (χ3n) is 2.87. The summed E-state index contributed by atoms with van der Waals surface area (Å²) in [6.07, 6.45) is 1.59. The number of likely N-dealkylation sites (tertiary alicyclic amines) is 1. The summed E-state index contributed by atoms with van der Waals surface area (Å²) in [5.74, 6) is -0.602. The van der Waals surface area contributed by atoms with E-state index in [0.717, 1.165) is 12.8 Å². The van der Waals surface area contributed by atoms with Gasteiger partial charge in [0, 0.05) is 19.7 Å². The molecule has 1 rings (SSSR count). The number of methoxy groups -OCH3 is 1. The van der Waals surface area contributed by atoms with E-state index in [0.29, 0.717) is 6.54 Å². The number of piperidine rings is 1. The number of primary amides is 1. The molecule has 1 aliphatic rings. The van der Waals surface area contributed by atoms with Crippen molar-refractivity contribution < 1.29 is 14.3 Å². The fraction of sp³-hybridized carbons (Fsp3) is 0.800. The van der Waals surface area contributed by atoms with Crippen LogP contribution in [0.15, 0.2) is 0 Å². The summed E-state index contributed by atoms with van der Waals surface area (Å²) in [5, 5.41) is 0. The molecule has 0 spiro atoms. The van der Waals surface area contributed by atoms with Crippen molar-refractivity contribution in [2.24, 2.45) is 11.7 Å². The summed E-state index contributed by atoms with van der Waals surface area (Å²) >= 11 is 0. The van der Waals surface area contributed by atoms with Crippen molar-refractivity contribution in [3.8, 4) is 0 Å². The van der Waals surface area contributed by atoms with E-state index in [2.05, 4.69) is 0 Å². The van der Waals surface area contributed by atoms with Gasteiger partial charge in [-0.3, -0.25) is 9.59 Å². The lowest BCUT2D eigenvalue weighted by Gasteiger charge is -2.36. The molecule has 0 saturated carbocycles. The van der Waals surface area contributed by atoms with Crippen LogP contribution in [0.25, 0.3) is 0 Å². The van der Waals surface area contributed by atoms with E-state index in [-0.39, 0.29) is 30.4 Å². The van der Waals surface area contributed by atoms with Gasteiger partial charge in [-0.1, -0.05) is 0 Å². The smallest absolute Gasteiger partial charge is 0.248 e. The Bertz CT molecular complexity index is 255. The molecule has 1 aliphatic heterocycles. The fourth-order valence-corrected chi connectivity index (χ4v) is 1.89. The van der Waals surface area contributed by atoms with Gasteiger partial charge in [0.2, 0.25) is 11.8 Å². The van der Waals surface area contributed by atoms with E-state index < -0.39 is 0 Å². The summed E-state index contributed by atoms with van der Waals surface area (Å²) in [7, 11) is 1.48. The van der Waals surface area contributed by atoms with Crippen LogP contribution in [0.4, 0.5) is 0 Å². The number of carbonyl (C=O) groups is 2. The maximum atomic E-state index is 11.6. The third kappa shape index (κ3) is 2.92. The van der Waals surface area contributed by atoms with Crippen LogP contribution in [0.3, 0.4) is 0 Å². The van der Waals surface area contributed by atoms with E-state index in [1.165, 1.54) is 7.11 Å². The van der Waals surface area contributed by atoms with Gasteiger partial charge in [-0.25, -0.2) is 0 Å². The molecule has 15 heavy (non-hydrogen) atoms. The minimum Gasteiger partial charge on any atom is -0.375 e. The number of nitrogens with two attached hydrogens (primary N) is 1. The van der Waals surface area contributed by atoms with Crippen LogP contribution in [0.5, 0.6) is 0 Å². The first kappa shape index (κ1) is 12.0. The minimum absolute atomic E-state index is 0.0653. The van der Waals surface area contributed by atoms with Crippen LogP contribution < -0.4 is 5.73 Å². The lowest BCUT2D eigenvalue weighted by Crippen LogP contribution is -2.49. The van der Waals surface area contributed by atoms with Crippen LogP contribution in [-0.4, -0.2) is 43.0 Å². The van der Waals surface area contributed by atoms with Crippen molar-refractivity contribution in [2.45, 2.75) is 25.8 Å². The second-order valence-electron chi connectivity index (χ2n) is 4.00. The number of hydrogen-bond donors (Lipinski definition) is 1. The van der Waals surface area contributed by atoms with Crippen LogP contribution in [-0.2, 0) is 14.3 Å². The molecular formula is C10H18N2O3. The third-order valence-corrected chi connectivity index (χ3v) is 2.87. The van der Waals surface area contributed by atoms with Crippen molar-refractivity contribution in [3.05, 3.63) is 0 Å². The Morgan fingerprint density at radius 2 is 2.13 bits per heavy atom. The van der Waals surface area contributed by atoms with Crippen LogP contribution in [0, 0.1) is 5.92 Å². The first-order valence-corrected chi connectivity index (χ1v) is 5.14. The molecule has 86 valence electrons. The predicted octanol–water partition coefficient (Wildman–Crippen LogP) is -0.255. The normalized spacial score (nSPS) is 26.4. The van der Waals surface area contributed by atoms with Crippen molar-refractivity contribution in [1.29, 1.82) is 0 Å². The number of nitrogens with zero attached hydrogens (tertiary/aromatic N) is 1. The van der Waals surface area contributed by atoms with Gasteiger partial charge >= 0.3 is 0 Å². The summed E-state index contributed by atoms with van der Waals surface area (Å²) in [6, 6.07) is 0.170. The summed E-state index contributed by atoms with van der Waals surface area (Å²) in [5.41, 5.74) is 5.24. The Kier molecular flexibility index (Phi) is 4.08. The number of ether oxygens (including phenoxy) is 1. The van der Waals surface area contributed by atoms with Crippen LogP contribution >= 0.6 is 0 Å². The van der Waals surface area contributed by atoms with Gasteiger partial charge in [0.05, 0.1) is 5.92 Å². The number of amides is 2. The average Bonchev–Trinajstić information content (AvgIpc) is 2.18. The first-order valence-electron chi connectivity index (χ1n) is 5.14. The highest BCUT2D eigenvalue weighted by atomic mass is 16.5. The van der Waals surface area contributed by atoms with Crippen molar-refractivity contribution in [3.63, 3.8) is 0 Å². The van der Waals surface area contributed by atoms with Crippen molar-refractivity contribution in [2.75, 3.05) is 20.3 Å². The SMILES string of the molecule is COCC(=O)N1CC(C(N)=O)CCC1C. The molecule has 0 aliphatic carbocycles. The van der Waals surface area contributed by atoms with Crippen molar-refractivity contribution >= 4 is 11.8 Å². The van der Waals surface area contributed by atoms with Crippen molar-refractivity contribution in [1.82, 2.24) is 4.90 Å². The number of hydrogen-bond acceptors (Lipinski definition) is 3. The van der Waals surface area contributed by atoms with Gasteiger partial charge in [0.15, 0.2) is 0 Å². The molecule has 0 aromatic heterocycles. The molecule has 2 atom stereocenters. The van der Waals surface area contributed by atoms with Gasteiger partial charge in [0.1, 0.15) is 6.61 Å². The van der Waals surface area contributed by atoms with E-state index >= 15 is 0 Å². The Morgan fingerprint density at radius 1 is 1.47 bits per heavy atom. The topological polar surface area (TPSA) is 72.6 Å². The second-order valence-corrected chi connectivity index (χ2v) is 4.00. The Labute approximate surface area is 89.6 Å². The summed E-state index contributed by atoms with van der Waals surface area (Å²) in [4.78, 5) is 24.3. The van der Waals surface area contributed by atoms with Crippen LogP contribution in [0.2, 0.25) is 0 Å². The minimum atomic E-state index is -0.322. The highest BCUT2D eigenvalue weighted by Crippen LogP contribution is 2.21. The Balaban J connectivity index is 2.60. The lowest BCUT2D eigenvalue weighted by atomic mass is 9.93. The molecule has 0 aromatic carbocycles. The maximum Gasteiger partial charge on any atom is 0.248 e. The van der Waals surface area contributed by atoms with Gasteiger partial charge < -0.3 is 15.4 Å². The molecule has 0 bridgehead atoms. The monoisotopic (exact) mass is 214 g/mol. The zero-order chi connectivity index (χ0) is 11.4. The fourth-order valence-electron chi connectivity index (χ4n) is 1.89. The summed E-state index contributed by atoms with van der Waals surface area (Å²) < 4.78 is 4.79. The Morgan fingerprint density at radius 3 is 2.67 bits per heavy atom. The molecule has 0 radical (unpaired) electrons. The zero-order valence-electron chi connectivity index (χ0n) is 9.23. The molecule has 0 aromatic rings. The molecular weight excluding hydrogens is 196 g/mol. The Hall–Kier alpha value is -1.10. The standard InChI is InChI=1S/C10H18N2O3/c1-7-3-4-8(10(11)14)5-12(7)9(13)6-15-2/h7-8H,3-6H2,1-2H3,(H2,11,14). The zero-order valence-corrected chi connectivity index (χ0v) is 9.23. The summed E-state index contributed by atoms with van der Waals surface area (Å²) in [6.45, 7) is 2.47. The van der Waals surface area contributed by atoms with Gasteiger partial charge in [-0.15, -0.1) is 0 Å². The van der Waals surface area contributed by atoms with Crippen LogP contribution in [0.1, 0.15) is 19.8 Å². The van der Waals surface area contributed by atoms with Gasteiger partial charge in [0.25, 0.3) is 0 Å².